The number of nitrogens with zero attached hydrogens (tertiary/aromatic N) is 5. The average Bonchev–Trinajstić information content (AvgIpc) is 4.05. The molecule has 2 N–H and O–H groups in total. The molecule has 0 aliphatic carbocycles. The molecule has 0 radical (unpaired) electrons. The van der Waals surface area contributed by atoms with Crippen LogP contribution in [0, 0.1) is 17.3 Å². The van der Waals surface area contributed by atoms with Crippen LogP contribution in [0.3, 0.4) is 0 Å². The first-order valence-electron chi connectivity index (χ1n) is 23.2. The van der Waals surface area contributed by atoms with E-state index in [1.807, 2.05) is 32.0 Å². The zero-order valence-electron chi connectivity index (χ0n) is 41.6. The van der Waals surface area contributed by atoms with Gasteiger partial charge in [0.2, 0.25) is 17.7 Å². The number of esters is 1. The number of aryl methyl sites for hydroxylation is 1. The number of ether oxygens (including phenoxy) is 2. The van der Waals surface area contributed by atoms with Crippen molar-refractivity contribution in [2.24, 2.45) is 17.3 Å². The number of benzene rings is 2. The molecule has 20 heteroatoms. The van der Waals surface area contributed by atoms with Gasteiger partial charge in [-0.2, -0.15) is 81.0 Å². The predicted octanol–water partition coefficient (Wildman–Crippen LogP) is 6.69. The maximum Gasteiger partial charge on any atom is 0.324 e. The van der Waals surface area contributed by atoms with Gasteiger partial charge in [0.15, 0.2) is 0 Å². The summed E-state index contributed by atoms with van der Waals surface area (Å²) in [7, 11) is 1.69. The number of hydrogen-bond donors (Lipinski definition) is 2. The van der Waals surface area contributed by atoms with E-state index < -0.39 is 41.3 Å². The third kappa shape index (κ3) is 13.3. The van der Waals surface area contributed by atoms with Gasteiger partial charge in [-0.15, -0.1) is 0 Å². The highest BCUT2D eigenvalue weighted by Crippen LogP contribution is 2.42. The van der Waals surface area contributed by atoms with Gasteiger partial charge < -0.3 is 29.2 Å². The number of fused-ring (bicyclic) bond motifs is 6. The molecular weight excluding hydrogens is 1020 g/mol. The van der Waals surface area contributed by atoms with Crippen LogP contribution in [0.4, 0.5) is 0 Å². The van der Waals surface area contributed by atoms with Crippen molar-refractivity contribution in [3.8, 4) is 22.4 Å². The molecule has 6 atom stereocenters. The van der Waals surface area contributed by atoms with Crippen LogP contribution in [0.1, 0.15) is 83.2 Å². The first-order valence-corrected chi connectivity index (χ1v) is 23.2. The number of likely N-dealkylation sites (tertiary alicyclic amines) is 2. The molecule has 4 amide bonds. The van der Waals surface area contributed by atoms with Gasteiger partial charge in [0.05, 0.1) is 30.0 Å². The molecule has 2 aromatic carbocycles. The molecule has 6 bridgehead atoms. The number of rotatable bonds is 8. The number of aromatic nitrogens is 2. The van der Waals surface area contributed by atoms with Crippen molar-refractivity contribution >= 4 is 121 Å². The molecular formula is C51H75N7O7S6. The number of methoxy groups -OCH3 is 1. The molecule has 3 fully saturated rings. The zero-order chi connectivity index (χ0) is 46.2. The van der Waals surface area contributed by atoms with Crippen LogP contribution in [-0.4, -0.2) is 112 Å². The first kappa shape index (κ1) is 63.4. The highest BCUT2D eigenvalue weighted by atomic mass is 32.1. The van der Waals surface area contributed by atoms with E-state index in [0.29, 0.717) is 58.3 Å². The fourth-order valence-corrected chi connectivity index (χ4v) is 10.4. The summed E-state index contributed by atoms with van der Waals surface area (Å²) in [4.78, 5) is 77.6. The summed E-state index contributed by atoms with van der Waals surface area (Å²) in [5.41, 5.74) is 10.5. The molecule has 0 saturated carbocycles. The van der Waals surface area contributed by atoms with Crippen LogP contribution in [0.2, 0.25) is 0 Å². The lowest BCUT2D eigenvalue weighted by molar-refractivity contribution is -0.155. The van der Waals surface area contributed by atoms with Crippen molar-refractivity contribution in [3.63, 3.8) is 0 Å². The number of hydrazine groups is 1. The Morgan fingerprint density at radius 2 is 1.70 bits per heavy atom. The minimum absolute atomic E-state index is 0. The van der Waals surface area contributed by atoms with Gasteiger partial charge in [0.25, 0.3) is 5.91 Å². The van der Waals surface area contributed by atoms with Gasteiger partial charge in [0, 0.05) is 74.3 Å². The number of cyclic esters (lactones) is 1. The highest BCUT2D eigenvalue weighted by molar-refractivity contribution is 7.60. The quantitative estimate of drug-likeness (QED) is 0.145. The zero-order valence-corrected chi connectivity index (χ0v) is 47.6. The second kappa shape index (κ2) is 27.0. The number of nitrogens with one attached hydrogen (secondary N) is 2. The van der Waals surface area contributed by atoms with Crippen LogP contribution >= 0.6 is 81.0 Å². The molecule has 3 saturated heterocycles. The van der Waals surface area contributed by atoms with Crippen LogP contribution in [0.15, 0.2) is 73.4 Å². The summed E-state index contributed by atoms with van der Waals surface area (Å²) in [6, 6.07) is 16.1. The fourth-order valence-electron chi connectivity index (χ4n) is 10.4. The maximum absolute atomic E-state index is 14.7. The summed E-state index contributed by atoms with van der Waals surface area (Å²) in [6.45, 7) is 16.2. The standard InChI is InChI=1S/C51H63N7O7.6H2S/c1-8-43(59)55-23-20-36(29-55)48(61)57-24-19-31(3)45(57)47(60)53-41-26-33-13-10-14-34(25-33)35-17-18-42-38(27-35)39(46(56(42)9-2)37-15-11-21-52-44(37)32(4)64-7)28-51(5,6)30-65-50(63)40-16-12-22-58(54-40)49(41)62;;;;;;/h8,10-11,13-15,17-18,21,25,27,31-32,36,40-41,45,54H,1,9,12,16,19-20,22-24,26,28-30H2,2-7H3,(H,53,60);6*1H2/t31-,32-,36-,40-,41-,45-;;;;;;/m0....../s1. The molecule has 4 aliphatic heterocycles. The predicted molar refractivity (Wildman–Crippen MR) is 310 cm³/mol. The number of pyridine rings is 1. The monoisotopic (exact) mass is 1090 g/mol. The van der Waals surface area contributed by atoms with E-state index in [1.54, 1.807) is 23.1 Å². The van der Waals surface area contributed by atoms with Crippen molar-refractivity contribution in [1.82, 2.24) is 35.1 Å². The smallest absolute Gasteiger partial charge is 0.324 e. The third-order valence-corrected chi connectivity index (χ3v) is 13.9. The summed E-state index contributed by atoms with van der Waals surface area (Å²) in [5, 5.41) is 5.63. The molecule has 71 heavy (non-hydrogen) atoms. The average molecular weight is 1090 g/mol. The minimum atomic E-state index is -1.02. The molecule has 0 unspecified atom stereocenters. The SMILES string of the molecule is C=CC(=O)N1CC[C@H](C(=O)N2CC[C@H](C)[C@H]2C(=O)N[C@H]2Cc3cccc(c3)-c3ccc4c(c3)c(c(-c3cccnc3[C@H](C)OC)n4CC)CC(C)(C)COC(=O)[C@@H]3CCCN(N3)C2=O)C1.S.S.S.S.S.S. The number of hydrogen-bond acceptors (Lipinski definition) is 9. The second-order valence-electron chi connectivity index (χ2n) is 19.1. The van der Waals surface area contributed by atoms with E-state index in [4.69, 9.17) is 14.5 Å². The van der Waals surface area contributed by atoms with Crippen molar-refractivity contribution in [2.45, 2.75) is 104 Å². The third-order valence-electron chi connectivity index (χ3n) is 13.9. The molecule has 0 spiro atoms. The summed E-state index contributed by atoms with van der Waals surface area (Å²) >= 11 is 0. The van der Waals surface area contributed by atoms with E-state index >= 15 is 0 Å². The Bertz CT molecular complexity index is 2530. The van der Waals surface area contributed by atoms with Crippen LogP contribution in [0.5, 0.6) is 0 Å². The molecule has 8 rings (SSSR count). The minimum Gasteiger partial charge on any atom is -0.464 e. The van der Waals surface area contributed by atoms with Crippen molar-refractivity contribution in [2.75, 3.05) is 39.9 Å². The summed E-state index contributed by atoms with van der Waals surface area (Å²) in [5.74, 6) is -2.18. The number of carbonyl (C=O) groups excluding carboxylic acids is 5. The Balaban J connectivity index is 0.00000288. The lowest BCUT2D eigenvalue weighted by Crippen LogP contribution is -2.62. The van der Waals surface area contributed by atoms with Crippen molar-refractivity contribution in [3.05, 3.63) is 90.3 Å². The lowest BCUT2D eigenvalue weighted by atomic mass is 9.84. The Kier molecular flexibility index (Phi) is 24.1. The van der Waals surface area contributed by atoms with Gasteiger partial charge in [-0.3, -0.25) is 34.0 Å². The Labute approximate surface area is 460 Å². The normalized spacial score (nSPS) is 22.1. The van der Waals surface area contributed by atoms with Gasteiger partial charge in [0.1, 0.15) is 18.1 Å². The van der Waals surface area contributed by atoms with Crippen LogP contribution < -0.4 is 10.7 Å². The summed E-state index contributed by atoms with van der Waals surface area (Å²) < 4.78 is 14.3. The molecule has 14 nitrogen and oxygen atoms in total. The number of amides is 4. The van der Waals surface area contributed by atoms with Gasteiger partial charge >= 0.3 is 5.97 Å². The molecule has 4 aliphatic rings. The summed E-state index contributed by atoms with van der Waals surface area (Å²) in [6.07, 6.45) is 5.74. The molecule has 2 aromatic heterocycles. The van der Waals surface area contributed by atoms with E-state index in [-0.39, 0.29) is 130 Å². The Morgan fingerprint density at radius 3 is 2.41 bits per heavy atom. The Hall–Kier alpha value is -3.76. The largest absolute Gasteiger partial charge is 0.464 e. The van der Waals surface area contributed by atoms with Gasteiger partial charge in [-0.05, 0) is 104 Å². The Morgan fingerprint density at radius 1 is 0.972 bits per heavy atom. The number of carbonyl (C=O) groups is 5. The topological polar surface area (TPSA) is 155 Å². The second-order valence-corrected chi connectivity index (χ2v) is 19.1. The van der Waals surface area contributed by atoms with Crippen LogP contribution in [-0.2, 0) is 52.8 Å². The maximum atomic E-state index is 14.7. The molecule has 6 heterocycles. The van der Waals surface area contributed by atoms with E-state index in [2.05, 4.69) is 79.1 Å². The molecule has 4 aromatic rings. The molecule has 392 valence electrons. The van der Waals surface area contributed by atoms with E-state index in [9.17, 15) is 24.0 Å². The van der Waals surface area contributed by atoms with E-state index in [1.165, 1.54) is 11.1 Å². The van der Waals surface area contributed by atoms with E-state index in [0.717, 1.165) is 50.1 Å². The fraction of sp³-hybridized carbons (Fsp3) is 0.490. The van der Waals surface area contributed by atoms with Crippen molar-refractivity contribution < 1.29 is 33.4 Å². The highest BCUT2D eigenvalue weighted by Gasteiger charge is 2.45. The van der Waals surface area contributed by atoms with Crippen molar-refractivity contribution in [1.29, 1.82) is 0 Å². The lowest BCUT2D eigenvalue weighted by Gasteiger charge is -2.36. The van der Waals surface area contributed by atoms with Crippen LogP contribution in [0.25, 0.3) is 33.3 Å². The van der Waals surface area contributed by atoms with Gasteiger partial charge in [-0.25, -0.2) is 5.43 Å². The first-order chi connectivity index (χ1) is 31.2. The van der Waals surface area contributed by atoms with Gasteiger partial charge in [-0.1, -0.05) is 57.7 Å².